The Morgan fingerprint density at radius 1 is 1.22 bits per heavy atom. The zero-order valence-electron chi connectivity index (χ0n) is 16.3. The van der Waals surface area contributed by atoms with Crippen LogP contribution in [0, 0.1) is 18.2 Å². The molecule has 27 heavy (non-hydrogen) atoms. The van der Waals surface area contributed by atoms with Crippen LogP contribution in [0.2, 0.25) is 0 Å². The van der Waals surface area contributed by atoms with Gasteiger partial charge >= 0.3 is 0 Å². The molecule has 1 heterocycles. The molecule has 0 saturated heterocycles. The molecule has 0 fully saturated rings. The summed E-state index contributed by atoms with van der Waals surface area (Å²) >= 11 is 1.65. The van der Waals surface area contributed by atoms with Gasteiger partial charge in [0.1, 0.15) is 5.82 Å². The minimum Gasteiger partial charge on any atom is -0.289 e. The van der Waals surface area contributed by atoms with Crippen LogP contribution in [0.3, 0.4) is 0 Å². The van der Waals surface area contributed by atoms with E-state index in [9.17, 15) is 4.39 Å². The second-order valence-corrected chi connectivity index (χ2v) is 8.76. The van der Waals surface area contributed by atoms with Gasteiger partial charge < -0.3 is 0 Å². The summed E-state index contributed by atoms with van der Waals surface area (Å²) in [5.74, 6) is 0.408. The number of rotatable bonds is 6. The monoisotopic (exact) mass is 379 g/mol. The number of benzene rings is 2. The molecule has 0 N–H and O–H groups in total. The Morgan fingerprint density at radius 3 is 2.67 bits per heavy atom. The first-order valence-electron chi connectivity index (χ1n) is 9.24. The molecule has 0 aromatic heterocycles. The molecule has 140 valence electrons. The maximum Gasteiger partial charge on any atom is 0.127 e. The first-order chi connectivity index (χ1) is 12.9. The summed E-state index contributed by atoms with van der Waals surface area (Å²) in [7, 11) is 0. The Hall–Kier alpha value is -2.13. The fraction of sp³-hybridized carbons (Fsp3) is 0.292. The van der Waals surface area contributed by atoms with E-state index in [0.29, 0.717) is 5.75 Å². The van der Waals surface area contributed by atoms with Gasteiger partial charge in [-0.05, 0) is 42.0 Å². The van der Waals surface area contributed by atoms with Crippen LogP contribution in [0.25, 0.3) is 4.91 Å². The van der Waals surface area contributed by atoms with Crippen molar-refractivity contribution in [2.45, 2.75) is 32.9 Å². The lowest BCUT2D eigenvalue weighted by molar-refractivity contribution is 0.423. The Morgan fingerprint density at radius 2 is 2.00 bits per heavy atom. The standard InChI is InChI=1S/C24H26FNS/c1-5-9-23(18-11-7-6-10-17(18)2)27-15-20-19(12-8-13-21(20)25)22-14-24(3,4)16-26-22/h5-13H,1,14-16H2,2-4H3/b23-9+. The quantitative estimate of drug-likeness (QED) is 0.502. The fourth-order valence-electron chi connectivity index (χ4n) is 3.35. The molecule has 1 aliphatic rings. The Labute approximate surface area is 166 Å². The van der Waals surface area contributed by atoms with Crippen molar-refractivity contribution in [2.24, 2.45) is 10.4 Å². The number of aliphatic imine (C=N–C) groups is 1. The van der Waals surface area contributed by atoms with Crippen LogP contribution in [0.15, 0.2) is 66.2 Å². The van der Waals surface area contributed by atoms with Crippen LogP contribution in [0.1, 0.15) is 42.5 Å². The summed E-state index contributed by atoms with van der Waals surface area (Å²) in [6, 6.07) is 13.6. The van der Waals surface area contributed by atoms with Gasteiger partial charge in [0.2, 0.25) is 0 Å². The number of halogens is 1. The number of thioether (sulfide) groups is 1. The molecule has 1 aliphatic heterocycles. The lowest BCUT2D eigenvalue weighted by Gasteiger charge is -2.17. The molecule has 0 saturated carbocycles. The van der Waals surface area contributed by atoms with Gasteiger partial charge in [-0.2, -0.15) is 0 Å². The first kappa shape index (κ1) is 19.6. The van der Waals surface area contributed by atoms with Gasteiger partial charge in [-0.1, -0.05) is 62.9 Å². The predicted octanol–water partition coefficient (Wildman–Crippen LogP) is 6.81. The maximum absolute atomic E-state index is 14.7. The van der Waals surface area contributed by atoms with Crippen LogP contribution in [-0.2, 0) is 5.75 Å². The summed E-state index contributed by atoms with van der Waals surface area (Å²) in [5, 5.41) is 0. The van der Waals surface area contributed by atoms with E-state index in [1.165, 1.54) is 11.1 Å². The molecule has 0 spiro atoms. The number of aryl methyl sites for hydroxylation is 1. The highest BCUT2D eigenvalue weighted by Gasteiger charge is 2.28. The van der Waals surface area contributed by atoms with Crippen LogP contribution < -0.4 is 0 Å². The lowest BCUT2D eigenvalue weighted by Crippen LogP contribution is -2.13. The third-order valence-corrected chi connectivity index (χ3v) is 5.93. The van der Waals surface area contributed by atoms with E-state index >= 15 is 0 Å². The van der Waals surface area contributed by atoms with Gasteiger partial charge in [-0.3, -0.25) is 4.99 Å². The summed E-state index contributed by atoms with van der Waals surface area (Å²) in [5.41, 5.74) is 5.24. The van der Waals surface area contributed by atoms with Crippen molar-refractivity contribution in [3.63, 3.8) is 0 Å². The average Bonchev–Trinajstić information content (AvgIpc) is 3.00. The van der Waals surface area contributed by atoms with E-state index in [1.54, 1.807) is 30.0 Å². The molecule has 2 aromatic carbocycles. The summed E-state index contributed by atoms with van der Waals surface area (Å²) in [6.45, 7) is 11.2. The van der Waals surface area contributed by atoms with Crippen molar-refractivity contribution in [3.05, 3.63) is 89.3 Å². The second kappa shape index (κ2) is 8.26. The highest BCUT2D eigenvalue weighted by atomic mass is 32.2. The lowest BCUT2D eigenvalue weighted by atomic mass is 9.87. The van der Waals surface area contributed by atoms with Crippen LogP contribution in [0.5, 0.6) is 0 Å². The molecule has 0 aliphatic carbocycles. The van der Waals surface area contributed by atoms with Crippen LogP contribution >= 0.6 is 11.8 Å². The topological polar surface area (TPSA) is 12.4 Å². The molecule has 1 nitrogen and oxygen atoms in total. The van der Waals surface area contributed by atoms with Gasteiger partial charge in [-0.15, -0.1) is 11.8 Å². The van der Waals surface area contributed by atoms with Crippen LogP contribution in [-0.4, -0.2) is 12.3 Å². The smallest absolute Gasteiger partial charge is 0.127 e. The molecule has 0 amide bonds. The molecular formula is C24H26FNS. The SMILES string of the molecule is C=C/C=C(/SCc1c(F)cccc1C1=NCC(C)(C)C1)c1ccccc1C. The third kappa shape index (κ3) is 4.59. The molecule has 2 aromatic rings. The van der Waals surface area contributed by atoms with Gasteiger partial charge in [0, 0.05) is 34.0 Å². The van der Waals surface area contributed by atoms with Crippen molar-refractivity contribution in [1.82, 2.24) is 0 Å². The van der Waals surface area contributed by atoms with E-state index in [2.05, 4.69) is 39.5 Å². The van der Waals surface area contributed by atoms with Crippen molar-refractivity contribution >= 4 is 22.4 Å². The highest BCUT2D eigenvalue weighted by Crippen LogP contribution is 2.36. The molecule has 0 unspecified atom stereocenters. The van der Waals surface area contributed by atoms with E-state index in [-0.39, 0.29) is 11.2 Å². The van der Waals surface area contributed by atoms with E-state index in [4.69, 9.17) is 4.99 Å². The summed E-state index contributed by atoms with van der Waals surface area (Å²) in [6.07, 6.45) is 4.69. The molecule has 0 radical (unpaired) electrons. The predicted molar refractivity (Wildman–Crippen MR) is 117 cm³/mol. The van der Waals surface area contributed by atoms with Crippen molar-refractivity contribution in [3.8, 4) is 0 Å². The van der Waals surface area contributed by atoms with E-state index in [1.807, 2.05) is 24.3 Å². The van der Waals surface area contributed by atoms with Gasteiger partial charge in [0.15, 0.2) is 0 Å². The van der Waals surface area contributed by atoms with Crippen LogP contribution in [0.4, 0.5) is 4.39 Å². The largest absolute Gasteiger partial charge is 0.289 e. The minimum absolute atomic E-state index is 0.154. The maximum atomic E-state index is 14.7. The van der Waals surface area contributed by atoms with Gasteiger partial charge in [0.05, 0.1) is 0 Å². The normalized spacial score (nSPS) is 16.3. The Bertz CT molecular complexity index is 908. The zero-order valence-corrected chi connectivity index (χ0v) is 17.1. The average molecular weight is 380 g/mol. The van der Waals surface area contributed by atoms with E-state index < -0.39 is 0 Å². The number of nitrogens with zero attached hydrogens (tertiary/aromatic N) is 1. The van der Waals surface area contributed by atoms with Gasteiger partial charge in [0.25, 0.3) is 0 Å². The minimum atomic E-state index is -0.157. The summed E-state index contributed by atoms with van der Waals surface area (Å²) < 4.78 is 14.7. The molecule has 0 bridgehead atoms. The van der Waals surface area contributed by atoms with Crippen molar-refractivity contribution < 1.29 is 4.39 Å². The summed E-state index contributed by atoms with van der Waals surface area (Å²) in [4.78, 5) is 5.81. The molecule has 0 atom stereocenters. The van der Waals surface area contributed by atoms with Gasteiger partial charge in [-0.25, -0.2) is 4.39 Å². The number of hydrogen-bond acceptors (Lipinski definition) is 2. The second-order valence-electron chi connectivity index (χ2n) is 7.74. The third-order valence-electron chi connectivity index (χ3n) is 4.83. The molecular weight excluding hydrogens is 353 g/mol. The van der Waals surface area contributed by atoms with Crippen molar-refractivity contribution in [1.29, 1.82) is 0 Å². The Balaban J connectivity index is 1.88. The number of allylic oxidation sites excluding steroid dienone is 2. The highest BCUT2D eigenvalue weighted by molar-refractivity contribution is 8.07. The fourth-order valence-corrected chi connectivity index (χ4v) is 4.52. The molecule has 3 heteroatoms. The Kier molecular flexibility index (Phi) is 6.01. The zero-order chi connectivity index (χ0) is 19.4. The van der Waals surface area contributed by atoms with Crippen molar-refractivity contribution in [2.75, 3.05) is 6.54 Å². The van der Waals surface area contributed by atoms with E-state index in [0.717, 1.165) is 34.7 Å². The molecule has 3 rings (SSSR count). The number of hydrogen-bond donors (Lipinski definition) is 0. The first-order valence-corrected chi connectivity index (χ1v) is 10.2.